The maximum atomic E-state index is 5.46. The third kappa shape index (κ3) is 2.57. The van der Waals surface area contributed by atoms with Crippen LogP contribution in [0.15, 0.2) is 23.1 Å². The SMILES string of the molecule is C=Cc1ccc(CCCCC)o1. The van der Waals surface area contributed by atoms with Crippen molar-refractivity contribution in [3.05, 3.63) is 30.2 Å². The van der Waals surface area contributed by atoms with E-state index in [0.29, 0.717) is 0 Å². The lowest BCUT2D eigenvalue weighted by Crippen LogP contribution is -1.80. The molecule has 0 saturated heterocycles. The van der Waals surface area contributed by atoms with E-state index in [2.05, 4.69) is 13.5 Å². The number of aryl methyl sites for hydroxylation is 1. The minimum Gasteiger partial charge on any atom is -0.462 e. The molecule has 0 aliphatic heterocycles. The monoisotopic (exact) mass is 164 g/mol. The molecule has 0 fully saturated rings. The van der Waals surface area contributed by atoms with Crippen LogP contribution in [0.25, 0.3) is 6.08 Å². The highest BCUT2D eigenvalue weighted by Gasteiger charge is 1.97. The molecular formula is C11H16O. The summed E-state index contributed by atoms with van der Waals surface area (Å²) in [4.78, 5) is 0. The van der Waals surface area contributed by atoms with Crippen molar-refractivity contribution in [1.29, 1.82) is 0 Å². The first-order chi connectivity index (χ1) is 5.86. The Hall–Kier alpha value is -0.980. The van der Waals surface area contributed by atoms with E-state index in [1.54, 1.807) is 6.08 Å². The molecule has 1 heterocycles. The summed E-state index contributed by atoms with van der Waals surface area (Å²) in [6, 6.07) is 4.00. The molecule has 0 N–H and O–H groups in total. The van der Waals surface area contributed by atoms with Crippen LogP contribution in [0.3, 0.4) is 0 Å². The minimum atomic E-state index is 0.876. The molecule has 12 heavy (non-hydrogen) atoms. The average molecular weight is 164 g/mol. The Labute approximate surface area is 74.1 Å². The molecule has 0 amide bonds. The number of hydrogen-bond donors (Lipinski definition) is 0. The highest BCUT2D eigenvalue weighted by molar-refractivity contribution is 5.39. The van der Waals surface area contributed by atoms with Gasteiger partial charge in [-0.3, -0.25) is 0 Å². The molecule has 1 nitrogen and oxygen atoms in total. The van der Waals surface area contributed by atoms with Gasteiger partial charge in [0.15, 0.2) is 0 Å². The summed E-state index contributed by atoms with van der Waals surface area (Å²) in [5.74, 6) is 1.96. The standard InChI is InChI=1S/C11H16O/c1-3-5-6-7-11-9-8-10(4-2)12-11/h4,8-9H,2-3,5-7H2,1H3. The molecule has 0 saturated carbocycles. The molecule has 66 valence electrons. The second-order valence-electron chi connectivity index (χ2n) is 2.97. The maximum absolute atomic E-state index is 5.46. The Morgan fingerprint density at radius 2 is 2.25 bits per heavy atom. The Bertz CT molecular complexity index is 235. The van der Waals surface area contributed by atoms with Crippen molar-refractivity contribution in [2.75, 3.05) is 0 Å². The fourth-order valence-corrected chi connectivity index (χ4v) is 1.19. The van der Waals surface area contributed by atoms with Crippen molar-refractivity contribution in [2.24, 2.45) is 0 Å². The average Bonchev–Trinajstić information content (AvgIpc) is 2.53. The highest BCUT2D eigenvalue weighted by atomic mass is 16.3. The second-order valence-corrected chi connectivity index (χ2v) is 2.97. The van der Waals surface area contributed by atoms with Gasteiger partial charge in [-0.25, -0.2) is 0 Å². The van der Waals surface area contributed by atoms with Crippen LogP contribution in [-0.2, 0) is 6.42 Å². The zero-order valence-electron chi connectivity index (χ0n) is 7.68. The molecule has 0 bridgehead atoms. The van der Waals surface area contributed by atoms with E-state index in [9.17, 15) is 0 Å². The van der Waals surface area contributed by atoms with Crippen molar-refractivity contribution in [3.63, 3.8) is 0 Å². The molecule has 0 aliphatic rings. The van der Waals surface area contributed by atoms with Crippen molar-refractivity contribution in [2.45, 2.75) is 32.6 Å². The quantitative estimate of drug-likeness (QED) is 0.605. The van der Waals surface area contributed by atoms with Gasteiger partial charge in [-0.2, -0.15) is 0 Å². The molecular weight excluding hydrogens is 148 g/mol. The summed E-state index contributed by atoms with van der Waals surface area (Å²) in [5.41, 5.74) is 0. The number of rotatable bonds is 5. The minimum absolute atomic E-state index is 0.876. The normalized spacial score (nSPS) is 10.1. The van der Waals surface area contributed by atoms with Crippen LogP contribution >= 0.6 is 0 Å². The van der Waals surface area contributed by atoms with E-state index in [-0.39, 0.29) is 0 Å². The van der Waals surface area contributed by atoms with Gasteiger partial charge in [0.2, 0.25) is 0 Å². The fraction of sp³-hybridized carbons (Fsp3) is 0.455. The van der Waals surface area contributed by atoms with Crippen LogP contribution in [0.2, 0.25) is 0 Å². The number of unbranched alkanes of at least 4 members (excludes halogenated alkanes) is 2. The smallest absolute Gasteiger partial charge is 0.126 e. The first-order valence-corrected chi connectivity index (χ1v) is 4.58. The van der Waals surface area contributed by atoms with Crippen LogP contribution in [0.1, 0.15) is 37.7 Å². The summed E-state index contributed by atoms with van der Waals surface area (Å²) < 4.78 is 5.46. The largest absolute Gasteiger partial charge is 0.462 e. The number of furan rings is 1. The highest BCUT2D eigenvalue weighted by Crippen LogP contribution is 2.11. The van der Waals surface area contributed by atoms with Gasteiger partial charge in [0.1, 0.15) is 11.5 Å². The molecule has 1 aromatic rings. The zero-order chi connectivity index (χ0) is 8.81. The predicted molar refractivity (Wildman–Crippen MR) is 52.0 cm³/mol. The summed E-state index contributed by atoms with van der Waals surface area (Å²) >= 11 is 0. The van der Waals surface area contributed by atoms with E-state index in [0.717, 1.165) is 17.9 Å². The van der Waals surface area contributed by atoms with E-state index in [1.165, 1.54) is 19.3 Å². The Kier molecular flexibility index (Phi) is 3.65. The van der Waals surface area contributed by atoms with E-state index in [4.69, 9.17) is 4.42 Å². The maximum Gasteiger partial charge on any atom is 0.126 e. The lowest BCUT2D eigenvalue weighted by atomic mass is 10.2. The number of hydrogen-bond acceptors (Lipinski definition) is 1. The lowest BCUT2D eigenvalue weighted by molar-refractivity contribution is 0.490. The van der Waals surface area contributed by atoms with Gasteiger partial charge >= 0.3 is 0 Å². The van der Waals surface area contributed by atoms with Crippen molar-refractivity contribution >= 4 is 6.08 Å². The van der Waals surface area contributed by atoms with Crippen LogP contribution in [0.4, 0.5) is 0 Å². The molecule has 0 spiro atoms. The Morgan fingerprint density at radius 3 is 2.83 bits per heavy atom. The second kappa shape index (κ2) is 4.81. The van der Waals surface area contributed by atoms with Gasteiger partial charge in [0.25, 0.3) is 0 Å². The molecule has 0 atom stereocenters. The topological polar surface area (TPSA) is 13.1 Å². The van der Waals surface area contributed by atoms with Crippen molar-refractivity contribution in [1.82, 2.24) is 0 Å². The Balaban J connectivity index is 2.36. The summed E-state index contributed by atoms with van der Waals surface area (Å²) in [7, 11) is 0. The summed E-state index contributed by atoms with van der Waals surface area (Å²) in [6.45, 7) is 5.85. The molecule has 1 aromatic heterocycles. The molecule has 1 heteroatoms. The lowest BCUT2D eigenvalue weighted by Gasteiger charge is -1.94. The molecule has 1 rings (SSSR count). The van der Waals surface area contributed by atoms with Crippen LogP contribution in [-0.4, -0.2) is 0 Å². The summed E-state index contributed by atoms with van der Waals surface area (Å²) in [6.07, 6.45) is 6.56. The van der Waals surface area contributed by atoms with E-state index < -0.39 is 0 Å². The van der Waals surface area contributed by atoms with Crippen LogP contribution < -0.4 is 0 Å². The zero-order valence-corrected chi connectivity index (χ0v) is 7.68. The third-order valence-corrected chi connectivity index (χ3v) is 1.91. The first-order valence-electron chi connectivity index (χ1n) is 4.58. The molecule has 0 unspecified atom stereocenters. The van der Waals surface area contributed by atoms with Gasteiger partial charge in [-0.1, -0.05) is 26.3 Å². The van der Waals surface area contributed by atoms with Gasteiger partial charge in [-0.15, -0.1) is 0 Å². The molecule has 0 aromatic carbocycles. The molecule has 0 radical (unpaired) electrons. The van der Waals surface area contributed by atoms with Gasteiger partial charge < -0.3 is 4.42 Å². The van der Waals surface area contributed by atoms with E-state index in [1.807, 2.05) is 12.1 Å². The first kappa shape index (κ1) is 9.11. The fourth-order valence-electron chi connectivity index (χ4n) is 1.19. The third-order valence-electron chi connectivity index (χ3n) is 1.91. The van der Waals surface area contributed by atoms with Gasteiger partial charge in [-0.05, 0) is 24.6 Å². The van der Waals surface area contributed by atoms with Crippen LogP contribution in [0, 0.1) is 0 Å². The van der Waals surface area contributed by atoms with Gasteiger partial charge in [0.05, 0.1) is 0 Å². The predicted octanol–water partition coefficient (Wildman–Crippen LogP) is 3.66. The van der Waals surface area contributed by atoms with Gasteiger partial charge in [0, 0.05) is 6.42 Å². The van der Waals surface area contributed by atoms with E-state index >= 15 is 0 Å². The van der Waals surface area contributed by atoms with Crippen molar-refractivity contribution in [3.8, 4) is 0 Å². The molecule has 0 aliphatic carbocycles. The summed E-state index contributed by atoms with van der Waals surface area (Å²) in [5, 5.41) is 0. The van der Waals surface area contributed by atoms with Crippen molar-refractivity contribution < 1.29 is 4.42 Å². The van der Waals surface area contributed by atoms with Crippen LogP contribution in [0.5, 0.6) is 0 Å². The Morgan fingerprint density at radius 1 is 1.42 bits per heavy atom.